The monoisotopic (exact) mass is 370 g/mol. The van der Waals surface area contributed by atoms with Crippen molar-refractivity contribution in [1.29, 1.82) is 0 Å². The molecule has 0 aliphatic carbocycles. The second kappa shape index (κ2) is 8.14. The quantitative estimate of drug-likeness (QED) is 0.787. The van der Waals surface area contributed by atoms with Crippen LogP contribution in [0.25, 0.3) is 0 Å². The summed E-state index contributed by atoms with van der Waals surface area (Å²) in [7, 11) is 0. The molecule has 0 radical (unpaired) electrons. The molecule has 0 unspecified atom stereocenters. The molecule has 0 saturated heterocycles. The number of carbonyl (C=O) groups excluding carboxylic acids is 2. The van der Waals surface area contributed by atoms with Gasteiger partial charge in [-0.1, -0.05) is 35.0 Å². The lowest BCUT2D eigenvalue weighted by molar-refractivity contribution is -0.114. The SMILES string of the molecule is CC(=O)Nc1ccc(SCC(=O)Nc2ccc(Cl)c(Cl)c2)nn1. The van der Waals surface area contributed by atoms with Crippen LogP contribution in [0.15, 0.2) is 35.4 Å². The van der Waals surface area contributed by atoms with E-state index in [2.05, 4.69) is 20.8 Å². The van der Waals surface area contributed by atoms with E-state index in [1.165, 1.54) is 18.7 Å². The average Bonchev–Trinajstić information content (AvgIpc) is 2.50. The van der Waals surface area contributed by atoms with Gasteiger partial charge < -0.3 is 10.6 Å². The Labute approximate surface area is 147 Å². The molecule has 2 N–H and O–H groups in total. The molecule has 2 amide bonds. The summed E-state index contributed by atoms with van der Waals surface area (Å²) < 4.78 is 0. The number of nitrogens with zero attached hydrogens (tertiary/aromatic N) is 2. The molecule has 0 atom stereocenters. The average molecular weight is 371 g/mol. The standard InChI is InChI=1S/C14H12Cl2N4O2S/c1-8(21)17-12-4-5-14(20-19-12)23-7-13(22)18-9-2-3-10(15)11(16)6-9/h2-6H,7H2,1H3,(H,18,22)(H,17,19,21). The Balaban J connectivity index is 1.86. The molecular formula is C14H12Cl2N4O2S. The third-order valence-corrected chi connectivity index (χ3v) is 4.16. The van der Waals surface area contributed by atoms with Crippen molar-refractivity contribution in [1.82, 2.24) is 10.2 Å². The molecule has 0 aliphatic heterocycles. The maximum absolute atomic E-state index is 11.9. The van der Waals surface area contributed by atoms with E-state index in [0.717, 1.165) is 0 Å². The summed E-state index contributed by atoms with van der Waals surface area (Å²) in [4.78, 5) is 22.8. The zero-order valence-corrected chi connectivity index (χ0v) is 14.3. The Morgan fingerprint density at radius 1 is 1.09 bits per heavy atom. The minimum Gasteiger partial charge on any atom is -0.325 e. The minimum absolute atomic E-state index is 0.161. The van der Waals surface area contributed by atoms with E-state index in [-0.39, 0.29) is 17.6 Å². The van der Waals surface area contributed by atoms with E-state index in [0.29, 0.717) is 26.6 Å². The molecular weight excluding hydrogens is 359 g/mol. The van der Waals surface area contributed by atoms with Gasteiger partial charge in [-0.05, 0) is 30.3 Å². The van der Waals surface area contributed by atoms with Crippen molar-refractivity contribution in [3.05, 3.63) is 40.4 Å². The third kappa shape index (κ3) is 5.70. The van der Waals surface area contributed by atoms with Gasteiger partial charge >= 0.3 is 0 Å². The number of carbonyl (C=O) groups is 2. The van der Waals surface area contributed by atoms with Crippen molar-refractivity contribution in [3.63, 3.8) is 0 Å². The first kappa shape index (κ1) is 17.5. The van der Waals surface area contributed by atoms with Crippen LogP contribution in [0, 0.1) is 0 Å². The number of thioether (sulfide) groups is 1. The largest absolute Gasteiger partial charge is 0.325 e. The summed E-state index contributed by atoms with van der Waals surface area (Å²) in [5.41, 5.74) is 0.567. The van der Waals surface area contributed by atoms with E-state index >= 15 is 0 Å². The molecule has 0 bridgehead atoms. The van der Waals surface area contributed by atoms with E-state index in [1.807, 2.05) is 0 Å². The number of amides is 2. The summed E-state index contributed by atoms with van der Waals surface area (Å²) in [5, 5.41) is 14.3. The molecule has 1 aromatic heterocycles. The number of benzene rings is 1. The van der Waals surface area contributed by atoms with Gasteiger partial charge in [0.25, 0.3) is 0 Å². The molecule has 2 rings (SSSR count). The third-order valence-electron chi connectivity index (χ3n) is 2.50. The molecule has 2 aromatic rings. The van der Waals surface area contributed by atoms with Crippen molar-refractivity contribution in [3.8, 4) is 0 Å². The fourth-order valence-electron chi connectivity index (χ4n) is 1.55. The maximum Gasteiger partial charge on any atom is 0.234 e. The van der Waals surface area contributed by atoms with Crippen molar-refractivity contribution in [2.75, 3.05) is 16.4 Å². The summed E-state index contributed by atoms with van der Waals surface area (Å²) in [5.74, 6) is 0.0953. The van der Waals surface area contributed by atoms with E-state index in [9.17, 15) is 9.59 Å². The van der Waals surface area contributed by atoms with Gasteiger partial charge in [0.15, 0.2) is 5.82 Å². The highest BCUT2D eigenvalue weighted by atomic mass is 35.5. The fraction of sp³-hybridized carbons (Fsp3) is 0.143. The van der Waals surface area contributed by atoms with Gasteiger partial charge in [0.05, 0.1) is 15.8 Å². The highest BCUT2D eigenvalue weighted by Gasteiger charge is 2.07. The van der Waals surface area contributed by atoms with Gasteiger partial charge in [-0.25, -0.2) is 0 Å². The van der Waals surface area contributed by atoms with Gasteiger partial charge in [0.1, 0.15) is 5.03 Å². The van der Waals surface area contributed by atoms with Crippen molar-refractivity contribution in [2.24, 2.45) is 0 Å². The Morgan fingerprint density at radius 3 is 2.48 bits per heavy atom. The number of hydrogen-bond acceptors (Lipinski definition) is 5. The van der Waals surface area contributed by atoms with Gasteiger partial charge in [-0.15, -0.1) is 10.2 Å². The summed E-state index contributed by atoms with van der Waals surface area (Å²) in [6.45, 7) is 1.39. The molecule has 0 fully saturated rings. The maximum atomic E-state index is 11.9. The molecule has 0 aliphatic rings. The van der Waals surface area contributed by atoms with Crippen LogP contribution in [0.3, 0.4) is 0 Å². The van der Waals surface area contributed by atoms with Crippen molar-refractivity contribution in [2.45, 2.75) is 11.9 Å². The van der Waals surface area contributed by atoms with Crippen molar-refractivity contribution >= 4 is 58.3 Å². The van der Waals surface area contributed by atoms with Gasteiger partial charge in [0, 0.05) is 12.6 Å². The van der Waals surface area contributed by atoms with E-state index in [4.69, 9.17) is 23.2 Å². The van der Waals surface area contributed by atoms with Crippen LogP contribution in [-0.2, 0) is 9.59 Å². The zero-order chi connectivity index (χ0) is 16.8. The summed E-state index contributed by atoms with van der Waals surface area (Å²) in [6.07, 6.45) is 0. The van der Waals surface area contributed by atoms with Crippen LogP contribution in [0.1, 0.15) is 6.92 Å². The van der Waals surface area contributed by atoms with Crippen LogP contribution < -0.4 is 10.6 Å². The lowest BCUT2D eigenvalue weighted by atomic mass is 10.3. The number of anilines is 2. The van der Waals surface area contributed by atoms with Crippen LogP contribution in [0.2, 0.25) is 10.0 Å². The Hall–Kier alpha value is -1.83. The predicted molar refractivity (Wildman–Crippen MR) is 92.2 cm³/mol. The van der Waals surface area contributed by atoms with Crippen LogP contribution in [0.5, 0.6) is 0 Å². The second-order valence-electron chi connectivity index (χ2n) is 4.40. The molecule has 0 spiro atoms. The predicted octanol–water partition coefficient (Wildman–Crippen LogP) is 3.47. The number of aromatic nitrogens is 2. The number of rotatable bonds is 5. The van der Waals surface area contributed by atoms with Gasteiger partial charge in [-0.2, -0.15) is 0 Å². The first-order valence-corrected chi connectivity index (χ1v) is 8.17. The minimum atomic E-state index is -0.222. The van der Waals surface area contributed by atoms with Crippen LogP contribution >= 0.6 is 35.0 Å². The van der Waals surface area contributed by atoms with E-state index < -0.39 is 0 Å². The molecule has 23 heavy (non-hydrogen) atoms. The smallest absolute Gasteiger partial charge is 0.234 e. The lowest BCUT2D eigenvalue weighted by Crippen LogP contribution is -2.14. The first-order valence-electron chi connectivity index (χ1n) is 6.43. The topological polar surface area (TPSA) is 84.0 Å². The first-order chi connectivity index (χ1) is 10.9. The lowest BCUT2D eigenvalue weighted by Gasteiger charge is -2.06. The molecule has 1 heterocycles. The number of halogens is 2. The summed E-state index contributed by atoms with van der Waals surface area (Å²) in [6, 6.07) is 8.15. The Bertz CT molecular complexity index is 725. The highest BCUT2D eigenvalue weighted by molar-refractivity contribution is 7.99. The van der Waals surface area contributed by atoms with E-state index in [1.54, 1.807) is 30.3 Å². The molecule has 9 heteroatoms. The molecule has 6 nitrogen and oxygen atoms in total. The molecule has 0 saturated carbocycles. The van der Waals surface area contributed by atoms with Crippen LogP contribution in [0.4, 0.5) is 11.5 Å². The van der Waals surface area contributed by atoms with Gasteiger partial charge in [-0.3, -0.25) is 9.59 Å². The summed E-state index contributed by atoms with van der Waals surface area (Å²) >= 11 is 12.9. The van der Waals surface area contributed by atoms with Gasteiger partial charge in [0.2, 0.25) is 11.8 Å². The Morgan fingerprint density at radius 2 is 1.87 bits per heavy atom. The zero-order valence-electron chi connectivity index (χ0n) is 12.0. The number of hydrogen-bond donors (Lipinski definition) is 2. The Kier molecular flexibility index (Phi) is 6.20. The second-order valence-corrected chi connectivity index (χ2v) is 6.21. The number of nitrogens with one attached hydrogen (secondary N) is 2. The van der Waals surface area contributed by atoms with Crippen LogP contribution in [-0.4, -0.2) is 27.8 Å². The highest BCUT2D eigenvalue weighted by Crippen LogP contribution is 2.25. The molecule has 120 valence electrons. The normalized spacial score (nSPS) is 10.2. The fourth-order valence-corrected chi connectivity index (χ4v) is 2.47. The van der Waals surface area contributed by atoms with Crippen molar-refractivity contribution < 1.29 is 9.59 Å². The molecule has 1 aromatic carbocycles.